The van der Waals surface area contributed by atoms with Gasteiger partial charge >= 0.3 is 0 Å². The first-order valence-electron chi connectivity index (χ1n) is 9.22. The Balaban J connectivity index is 1.37. The quantitative estimate of drug-likeness (QED) is 0.878. The van der Waals surface area contributed by atoms with Gasteiger partial charge in [0.1, 0.15) is 5.75 Å². The number of nitrogens with zero attached hydrogens (tertiary/aromatic N) is 1. The molecule has 4 rings (SSSR count). The van der Waals surface area contributed by atoms with Crippen molar-refractivity contribution in [3.63, 3.8) is 0 Å². The van der Waals surface area contributed by atoms with Crippen molar-refractivity contribution in [1.82, 2.24) is 5.32 Å². The minimum Gasteiger partial charge on any atom is -0.480 e. The Kier molecular flexibility index (Phi) is 5.03. The van der Waals surface area contributed by atoms with Crippen molar-refractivity contribution in [1.29, 1.82) is 0 Å². The molecule has 0 aromatic heterocycles. The van der Waals surface area contributed by atoms with Gasteiger partial charge in [0, 0.05) is 36.6 Å². The second-order valence-electron chi connectivity index (χ2n) is 6.95. The average molecular weight is 385 g/mol. The number of ether oxygens (including phenoxy) is 1. The number of anilines is 1. The Hall–Kier alpha value is -2.53. The molecule has 1 atom stereocenters. The van der Waals surface area contributed by atoms with Gasteiger partial charge < -0.3 is 15.0 Å². The van der Waals surface area contributed by atoms with Gasteiger partial charge in [-0.05, 0) is 54.3 Å². The third-order valence-corrected chi connectivity index (χ3v) is 5.24. The van der Waals surface area contributed by atoms with Gasteiger partial charge in [0.25, 0.3) is 5.91 Å². The Morgan fingerprint density at radius 1 is 1.22 bits per heavy atom. The molecule has 2 heterocycles. The molecule has 2 aromatic carbocycles. The average Bonchev–Trinajstić information content (AvgIpc) is 3.10. The van der Waals surface area contributed by atoms with Gasteiger partial charge in [0.15, 0.2) is 6.10 Å². The fourth-order valence-electron chi connectivity index (χ4n) is 3.58. The van der Waals surface area contributed by atoms with Crippen molar-refractivity contribution in [2.75, 3.05) is 11.4 Å². The van der Waals surface area contributed by atoms with E-state index in [0.717, 1.165) is 36.2 Å². The number of amides is 2. The van der Waals surface area contributed by atoms with Gasteiger partial charge in [0.05, 0.1) is 0 Å². The molecule has 0 bridgehead atoms. The van der Waals surface area contributed by atoms with Crippen LogP contribution in [0.2, 0.25) is 5.02 Å². The monoisotopic (exact) mass is 384 g/mol. The van der Waals surface area contributed by atoms with Crippen molar-refractivity contribution < 1.29 is 14.3 Å². The van der Waals surface area contributed by atoms with Gasteiger partial charge in [-0.1, -0.05) is 23.7 Å². The molecular formula is C21H21ClN2O3. The van der Waals surface area contributed by atoms with E-state index in [1.165, 1.54) is 0 Å². The van der Waals surface area contributed by atoms with Crippen molar-refractivity contribution in [3.8, 4) is 5.75 Å². The van der Waals surface area contributed by atoms with Gasteiger partial charge in [0.2, 0.25) is 5.91 Å². The summed E-state index contributed by atoms with van der Waals surface area (Å²) in [5.74, 6) is 0.727. The van der Waals surface area contributed by atoms with Gasteiger partial charge in [-0.2, -0.15) is 0 Å². The van der Waals surface area contributed by atoms with Crippen LogP contribution in [0, 0.1) is 0 Å². The Labute approximate surface area is 163 Å². The van der Waals surface area contributed by atoms with E-state index in [-0.39, 0.29) is 11.8 Å². The normalized spacial score (nSPS) is 18.8. The molecule has 0 spiro atoms. The first-order valence-corrected chi connectivity index (χ1v) is 9.60. The van der Waals surface area contributed by atoms with Crippen LogP contribution in [-0.2, 0) is 22.6 Å². The number of carbonyl (C=O) groups excluding carboxylic acids is 2. The topological polar surface area (TPSA) is 58.6 Å². The van der Waals surface area contributed by atoms with Crippen LogP contribution in [0.15, 0.2) is 42.5 Å². The Morgan fingerprint density at radius 2 is 2.11 bits per heavy atom. The van der Waals surface area contributed by atoms with Crippen LogP contribution in [0.5, 0.6) is 5.75 Å². The molecule has 1 N–H and O–H groups in total. The first-order chi connectivity index (χ1) is 13.1. The summed E-state index contributed by atoms with van der Waals surface area (Å²) in [6.45, 7) is 1.15. The molecule has 5 nitrogen and oxygen atoms in total. The van der Waals surface area contributed by atoms with Crippen LogP contribution in [0.3, 0.4) is 0 Å². The summed E-state index contributed by atoms with van der Waals surface area (Å²) in [4.78, 5) is 26.4. The number of hydrogen-bond donors (Lipinski definition) is 1. The zero-order chi connectivity index (χ0) is 18.8. The molecule has 1 fully saturated rings. The summed E-state index contributed by atoms with van der Waals surface area (Å²) in [6, 6.07) is 13.2. The molecule has 1 unspecified atom stereocenters. The lowest BCUT2D eigenvalue weighted by molar-refractivity contribution is -0.127. The number of fused-ring (bicyclic) bond motifs is 1. The second kappa shape index (κ2) is 7.61. The van der Waals surface area contributed by atoms with Crippen molar-refractivity contribution in [2.24, 2.45) is 0 Å². The predicted octanol–water partition coefficient (Wildman–Crippen LogP) is 3.48. The third kappa shape index (κ3) is 3.93. The fourth-order valence-corrected chi connectivity index (χ4v) is 3.77. The highest BCUT2D eigenvalue weighted by atomic mass is 35.5. The molecule has 2 amide bonds. The molecule has 2 aromatic rings. The molecule has 1 saturated heterocycles. The zero-order valence-electron chi connectivity index (χ0n) is 14.9. The summed E-state index contributed by atoms with van der Waals surface area (Å²) < 4.78 is 5.72. The lowest BCUT2D eigenvalue weighted by Crippen LogP contribution is -2.37. The standard InChI is InChI=1S/C21H21ClN2O3/c22-16-7-8-18-15(11-16)12-19(27-18)21(26)23-13-14-4-3-5-17(10-14)24-9-2-1-6-20(24)25/h3-5,7-8,10-11,19H,1-2,6,9,12-13H2,(H,23,26). The van der Waals surface area contributed by atoms with Crippen molar-refractivity contribution in [2.45, 2.75) is 38.3 Å². The van der Waals surface area contributed by atoms with E-state index < -0.39 is 6.10 Å². The summed E-state index contributed by atoms with van der Waals surface area (Å²) in [5.41, 5.74) is 2.80. The number of piperidine rings is 1. The molecule has 2 aliphatic heterocycles. The zero-order valence-corrected chi connectivity index (χ0v) is 15.7. The number of nitrogens with one attached hydrogen (secondary N) is 1. The third-order valence-electron chi connectivity index (χ3n) is 5.00. The maximum Gasteiger partial charge on any atom is 0.261 e. The Morgan fingerprint density at radius 3 is 2.96 bits per heavy atom. The van der Waals surface area contributed by atoms with Gasteiger partial charge in [-0.25, -0.2) is 0 Å². The van der Waals surface area contributed by atoms with E-state index in [4.69, 9.17) is 16.3 Å². The minimum absolute atomic E-state index is 0.151. The van der Waals surface area contributed by atoms with E-state index in [1.807, 2.05) is 35.2 Å². The summed E-state index contributed by atoms with van der Waals surface area (Å²) in [7, 11) is 0. The van der Waals surface area contributed by atoms with E-state index in [1.54, 1.807) is 12.1 Å². The molecule has 140 valence electrons. The summed E-state index contributed by atoms with van der Waals surface area (Å²) in [5, 5.41) is 3.57. The highest BCUT2D eigenvalue weighted by Crippen LogP contribution is 2.31. The Bertz CT molecular complexity index is 883. The predicted molar refractivity (Wildman–Crippen MR) is 104 cm³/mol. The lowest BCUT2D eigenvalue weighted by atomic mass is 10.1. The SMILES string of the molecule is O=C(NCc1cccc(N2CCCCC2=O)c1)C1Cc2cc(Cl)ccc2O1. The van der Waals surface area contributed by atoms with E-state index in [9.17, 15) is 9.59 Å². The number of benzene rings is 2. The van der Waals surface area contributed by atoms with Crippen molar-refractivity contribution in [3.05, 3.63) is 58.6 Å². The molecule has 2 aliphatic rings. The molecular weight excluding hydrogens is 364 g/mol. The van der Waals surface area contributed by atoms with E-state index >= 15 is 0 Å². The molecule has 6 heteroatoms. The number of carbonyl (C=O) groups is 2. The second-order valence-corrected chi connectivity index (χ2v) is 7.39. The van der Waals surface area contributed by atoms with Crippen LogP contribution in [0.4, 0.5) is 5.69 Å². The smallest absolute Gasteiger partial charge is 0.261 e. The minimum atomic E-state index is -0.537. The molecule has 0 aliphatic carbocycles. The van der Waals surface area contributed by atoms with E-state index in [0.29, 0.717) is 30.2 Å². The number of rotatable bonds is 4. The van der Waals surface area contributed by atoms with Gasteiger partial charge in [-0.3, -0.25) is 9.59 Å². The van der Waals surface area contributed by atoms with Crippen LogP contribution < -0.4 is 15.0 Å². The number of halogens is 1. The van der Waals surface area contributed by atoms with Crippen LogP contribution in [0.25, 0.3) is 0 Å². The highest BCUT2D eigenvalue weighted by Gasteiger charge is 2.29. The van der Waals surface area contributed by atoms with Crippen molar-refractivity contribution >= 4 is 29.1 Å². The first kappa shape index (κ1) is 17.9. The molecule has 27 heavy (non-hydrogen) atoms. The summed E-state index contributed by atoms with van der Waals surface area (Å²) in [6.07, 6.45) is 2.57. The van der Waals surface area contributed by atoms with E-state index in [2.05, 4.69) is 5.32 Å². The maximum atomic E-state index is 12.5. The largest absolute Gasteiger partial charge is 0.480 e. The lowest BCUT2D eigenvalue weighted by Gasteiger charge is -2.27. The van der Waals surface area contributed by atoms with Crippen LogP contribution >= 0.6 is 11.6 Å². The fraction of sp³-hybridized carbons (Fsp3) is 0.333. The van der Waals surface area contributed by atoms with Gasteiger partial charge in [-0.15, -0.1) is 0 Å². The molecule has 0 saturated carbocycles. The summed E-state index contributed by atoms with van der Waals surface area (Å²) >= 11 is 6.00. The van der Waals surface area contributed by atoms with Crippen LogP contribution in [0.1, 0.15) is 30.4 Å². The maximum absolute atomic E-state index is 12.5. The highest BCUT2D eigenvalue weighted by molar-refractivity contribution is 6.30. The van der Waals surface area contributed by atoms with Crippen LogP contribution in [-0.4, -0.2) is 24.5 Å². The molecule has 0 radical (unpaired) electrons. The number of hydrogen-bond acceptors (Lipinski definition) is 3.